The summed E-state index contributed by atoms with van der Waals surface area (Å²) in [4.78, 5) is 1.65. The molecule has 1 unspecified atom stereocenters. The number of tetrazole rings is 1. The van der Waals surface area contributed by atoms with Crippen molar-refractivity contribution in [2.24, 2.45) is 0 Å². The van der Waals surface area contributed by atoms with Crippen molar-refractivity contribution in [1.82, 2.24) is 20.2 Å². The highest BCUT2D eigenvalue weighted by Crippen LogP contribution is 2.65. The summed E-state index contributed by atoms with van der Waals surface area (Å²) in [7, 11) is -2.55. The summed E-state index contributed by atoms with van der Waals surface area (Å²) in [6.07, 6.45) is 2.29. The van der Waals surface area contributed by atoms with Crippen LogP contribution in [0.5, 0.6) is 0 Å². The van der Waals surface area contributed by atoms with Crippen molar-refractivity contribution >= 4 is 23.2 Å². The van der Waals surface area contributed by atoms with E-state index in [9.17, 15) is 5.11 Å². The van der Waals surface area contributed by atoms with Gasteiger partial charge in [-0.1, -0.05) is 84.9 Å². The Hall–Kier alpha value is -4.28. The van der Waals surface area contributed by atoms with Gasteiger partial charge >= 0.3 is 0 Å². The van der Waals surface area contributed by atoms with E-state index in [2.05, 4.69) is 83.1 Å². The molecule has 5 aromatic rings. The summed E-state index contributed by atoms with van der Waals surface area (Å²) in [6, 6.07) is 41.3. The molecule has 0 fully saturated rings. The molecule has 5 rings (SSSR count). The van der Waals surface area contributed by atoms with Crippen molar-refractivity contribution in [3.8, 4) is 0 Å². The van der Waals surface area contributed by atoms with E-state index < -0.39 is 13.0 Å². The fraction of sp³-hybridized carbons (Fsp3) is 0.129. The van der Waals surface area contributed by atoms with Crippen molar-refractivity contribution in [1.29, 1.82) is 0 Å². The van der Waals surface area contributed by atoms with Gasteiger partial charge < -0.3 is 9.84 Å². The highest BCUT2D eigenvalue weighted by molar-refractivity contribution is 7.95. The van der Waals surface area contributed by atoms with Crippen molar-refractivity contribution in [3.05, 3.63) is 145 Å². The second-order valence-electron chi connectivity index (χ2n) is 8.77. The molecule has 0 amide bonds. The molecule has 0 bridgehead atoms. The lowest BCUT2D eigenvalue weighted by Gasteiger charge is -2.32. The molecule has 1 aromatic heterocycles. The Balaban J connectivity index is 1.77. The molecule has 0 spiro atoms. The first-order valence-corrected chi connectivity index (χ1v) is 14.5. The van der Waals surface area contributed by atoms with Crippen LogP contribution < -0.4 is 15.9 Å². The van der Waals surface area contributed by atoms with E-state index in [1.54, 1.807) is 10.9 Å². The number of aromatic nitrogens is 4. The van der Waals surface area contributed by atoms with Gasteiger partial charge in [-0.2, -0.15) is 0 Å². The van der Waals surface area contributed by atoms with Gasteiger partial charge in [-0.3, -0.25) is 0 Å². The maximum Gasteiger partial charge on any atom is 0.278 e. The number of aliphatic hydroxyl groups excluding tert-OH is 1. The largest absolute Gasteiger partial charge is 0.481 e. The van der Waals surface area contributed by atoms with Crippen molar-refractivity contribution < 1.29 is 9.84 Å². The topological polar surface area (TPSA) is 73.1 Å². The SMILES string of the molecule is CCO/C(O)=C\C(n1nnc(Cc2ccccc2)n1)[P+](c1ccccc1)(c1ccccc1)c1ccccc1. The molecule has 1 N–H and O–H groups in total. The lowest BCUT2D eigenvalue weighted by molar-refractivity contribution is 0.100. The average molecular weight is 522 g/mol. The first-order valence-electron chi connectivity index (χ1n) is 12.6. The smallest absolute Gasteiger partial charge is 0.278 e. The predicted molar refractivity (Wildman–Crippen MR) is 154 cm³/mol. The third-order valence-corrected chi connectivity index (χ3v) is 10.9. The monoisotopic (exact) mass is 521 g/mol. The van der Waals surface area contributed by atoms with E-state index in [1.807, 2.05) is 55.5 Å². The fourth-order valence-electron chi connectivity index (χ4n) is 4.77. The minimum Gasteiger partial charge on any atom is -0.481 e. The molecule has 0 aliphatic heterocycles. The summed E-state index contributed by atoms with van der Waals surface area (Å²) in [5.74, 6) is -0.0531. The number of hydrogen-bond acceptors (Lipinski definition) is 5. The molecule has 0 aliphatic carbocycles. The molecular weight excluding hydrogens is 491 g/mol. The van der Waals surface area contributed by atoms with Gasteiger partial charge in [0, 0.05) is 6.42 Å². The van der Waals surface area contributed by atoms with Crippen LogP contribution in [-0.4, -0.2) is 31.9 Å². The van der Waals surface area contributed by atoms with Gasteiger partial charge in [-0.15, -0.1) is 15.0 Å². The Morgan fingerprint density at radius 1 is 0.789 bits per heavy atom. The van der Waals surface area contributed by atoms with E-state index in [0.29, 0.717) is 18.9 Å². The summed E-state index contributed by atoms with van der Waals surface area (Å²) < 4.78 is 5.54. The van der Waals surface area contributed by atoms with E-state index in [1.165, 1.54) is 0 Å². The molecule has 7 heteroatoms. The molecular formula is C31H30N4O2P+. The molecule has 38 heavy (non-hydrogen) atoms. The molecule has 0 aliphatic rings. The van der Waals surface area contributed by atoms with Gasteiger partial charge in [0.05, 0.1) is 12.7 Å². The molecule has 0 radical (unpaired) electrons. The van der Waals surface area contributed by atoms with Crippen LogP contribution in [0.1, 0.15) is 24.1 Å². The Labute approximate surface area is 223 Å². The van der Waals surface area contributed by atoms with Gasteiger partial charge in [0.2, 0.25) is 5.78 Å². The highest BCUT2D eigenvalue weighted by atomic mass is 31.2. The third kappa shape index (κ3) is 5.22. The number of benzene rings is 4. The summed E-state index contributed by atoms with van der Waals surface area (Å²) in [5.41, 5.74) is 1.10. The van der Waals surface area contributed by atoms with Crippen molar-refractivity contribution in [3.63, 3.8) is 0 Å². The predicted octanol–water partition coefficient (Wildman–Crippen LogP) is 5.19. The number of allylic oxidation sites excluding steroid dienone is 1. The van der Waals surface area contributed by atoms with Gasteiger partial charge in [-0.05, 0) is 54.1 Å². The van der Waals surface area contributed by atoms with Crippen LogP contribution >= 0.6 is 7.26 Å². The molecule has 0 saturated carbocycles. The Kier molecular flexibility index (Phi) is 7.91. The maximum absolute atomic E-state index is 10.9. The molecule has 6 nitrogen and oxygen atoms in total. The second kappa shape index (κ2) is 11.8. The van der Waals surface area contributed by atoms with Crippen LogP contribution in [0.25, 0.3) is 0 Å². The lowest BCUT2D eigenvalue weighted by atomic mass is 10.1. The standard InChI is InChI=1S/C31H29N4O2P/c1-2-37-31(36)24-30(35-33-29(32-34-35)23-25-15-7-3-8-16-25)38(26-17-9-4-10-18-26,27-19-11-5-12-20-27)28-21-13-6-14-22-28/h3-22,24,30H,2,23H2,1H3/p+1/b31-24-. The average Bonchev–Trinajstić information content (AvgIpc) is 3.43. The Bertz CT molecular complexity index is 1360. The molecule has 1 heterocycles. The molecule has 0 saturated heterocycles. The summed E-state index contributed by atoms with van der Waals surface area (Å²) in [6.45, 7) is 2.19. The van der Waals surface area contributed by atoms with Crippen LogP contribution in [0.15, 0.2) is 133 Å². The normalized spacial score (nSPS) is 12.7. The highest BCUT2D eigenvalue weighted by Gasteiger charge is 2.54. The number of nitrogens with zero attached hydrogens (tertiary/aromatic N) is 4. The quantitative estimate of drug-likeness (QED) is 0.202. The van der Waals surface area contributed by atoms with Gasteiger partial charge in [-0.25, -0.2) is 0 Å². The minimum absolute atomic E-state index is 0.161. The van der Waals surface area contributed by atoms with Crippen LogP contribution in [0, 0.1) is 0 Å². The first-order chi connectivity index (χ1) is 18.7. The van der Waals surface area contributed by atoms with Crippen molar-refractivity contribution in [2.45, 2.75) is 19.1 Å². The van der Waals surface area contributed by atoms with Crippen LogP contribution in [0.4, 0.5) is 0 Å². The molecule has 4 aromatic carbocycles. The van der Waals surface area contributed by atoms with Crippen molar-refractivity contribution in [2.75, 3.05) is 6.61 Å². The Morgan fingerprint density at radius 2 is 1.26 bits per heavy atom. The summed E-state index contributed by atoms with van der Waals surface area (Å²) >= 11 is 0. The summed E-state index contributed by atoms with van der Waals surface area (Å²) in [5, 5.41) is 28.1. The number of hydrogen-bond donors (Lipinski definition) is 1. The zero-order chi connectivity index (χ0) is 26.2. The second-order valence-corrected chi connectivity index (χ2v) is 12.3. The van der Waals surface area contributed by atoms with Crippen LogP contribution in [0.2, 0.25) is 0 Å². The zero-order valence-corrected chi connectivity index (χ0v) is 22.1. The zero-order valence-electron chi connectivity index (χ0n) is 21.2. The maximum atomic E-state index is 10.9. The number of aliphatic hydroxyl groups is 1. The fourth-order valence-corrected chi connectivity index (χ4v) is 9.27. The van der Waals surface area contributed by atoms with E-state index in [0.717, 1.165) is 21.5 Å². The van der Waals surface area contributed by atoms with Crippen LogP contribution in [-0.2, 0) is 11.2 Å². The third-order valence-electron chi connectivity index (χ3n) is 6.38. The lowest BCUT2D eigenvalue weighted by Crippen LogP contribution is -2.37. The van der Waals surface area contributed by atoms with Gasteiger partial charge in [0.15, 0.2) is 5.82 Å². The van der Waals surface area contributed by atoms with Gasteiger partial charge in [0.1, 0.15) is 23.2 Å². The first kappa shape index (κ1) is 25.4. The molecule has 1 atom stereocenters. The number of rotatable bonds is 10. The molecule has 190 valence electrons. The van der Waals surface area contributed by atoms with Gasteiger partial charge in [0.25, 0.3) is 5.95 Å². The number of ether oxygens (including phenoxy) is 1. The van der Waals surface area contributed by atoms with E-state index >= 15 is 0 Å². The van der Waals surface area contributed by atoms with E-state index in [4.69, 9.17) is 9.84 Å². The van der Waals surface area contributed by atoms with Crippen LogP contribution in [0.3, 0.4) is 0 Å². The minimum atomic E-state index is -2.55. The Morgan fingerprint density at radius 3 is 1.74 bits per heavy atom. The van der Waals surface area contributed by atoms with E-state index in [-0.39, 0.29) is 5.95 Å².